The molecule has 0 aliphatic carbocycles. The van der Waals surface area contributed by atoms with Crippen LogP contribution in [0.25, 0.3) is 0 Å². The van der Waals surface area contributed by atoms with E-state index in [1.807, 2.05) is 0 Å². The van der Waals surface area contributed by atoms with Crippen molar-refractivity contribution in [1.29, 1.82) is 0 Å². The van der Waals surface area contributed by atoms with E-state index < -0.39 is 6.10 Å². The highest BCUT2D eigenvalue weighted by Crippen LogP contribution is 2.17. The fourth-order valence-electron chi connectivity index (χ4n) is 8.74. The number of rotatable bonds is 55. The number of hydrogen-bond donors (Lipinski definition) is 0. The minimum absolute atomic E-state index is 0.0761. The van der Waals surface area contributed by atoms with Crippen LogP contribution in [0.5, 0.6) is 0 Å². The summed E-state index contributed by atoms with van der Waals surface area (Å²) in [7, 11) is 0. The minimum atomic E-state index is -0.779. The van der Waals surface area contributed by atoms with Gasteiger partial charge in [-0.15, -0.1) is 0 Å². The summed E-state index contributed by atoms with van der Waals surface area (Å²) in [4.78, 5) is 38.2. The Labute approximate surface area is 428 Å². The zero-order valence-electron chi connectivity index (χ0n) is 46.1. The van der Waals surface area contributed by atoms with Crippen molar-refractivity contribution >= 4 is 17.9 Å². The molecular formula is C63H114O6. The Morgan fingerprint density at radius 3 is 0.826 bits per heavy atom. The van der Waals surface area contributed by atoms with E-state index in [4.69, 9.17) is 14.2 Å². The van der Waals surface area contributed by atoms with Crippen molar-refractivity contribution in [2.45, 2.75) is 322 Å². The van der Waals surface area contributed by atoms with Crippen LogP contribution in [-0.4, -0.2) is 37.2 Å². The number of carbonyl (C=O) groups is 3. The monoisotopic (exact) mass is 967 g/mol. The second-order valence-corrected chi connectivity index (χ2v) is 20.3. The van der Waals surface area contributed by atoms with E-state index in [2.05, 4.69) is 69.4 Å². The third-order valence-electron chi connectivity index (χ3n) is 13.3. The van der Waals surface area contributed by atoms with Gasteiger partial charge in [0.25, 0.3) is 0 Å². The molecule has 402 valence electrons. The molecule has 0 saturated heterocycles. The lowest BCUT2D eigenvalue weighted by molar-refractivity contribution is -0.167. The van der Waals surface area contributed by atoms with E-state index in [9.17, 15) is 14.4 Å². The van der Waals surface area contributed by atoms with Crippen molar-refractivity contribution in [3.05, 3.63) is 48.6 Å². The molecular weight excluding hydrogens is 853 g/mol. The number of unbranched alkanes of at least 4 members (excludes halogenated alkanes) is 36. The maximum Gasteiger partial charge on any atom is 0.306 e. The molecule has 0 heterocycles. The molecule has 0 saturated carbocycles. The van der Waals surface area contributed by atoms with Crippen LogP contribution in [0.3, 0.4) is 0 Å². The van der Waals surface area contributed by atoms with Gasteiger partial charge >= 0.3 is 17.9 Å². The van der Waals surface area contributed by atoms with Crippen molar-refractivity contribution in [1.82, 2.24) is 0 Å². The van der Waals surface area contributed by atoms with Crippen molar-refractivity contribution in [2.24, 2.45) is 0 Å². The van der Waals surface area contributed by atoms with Crippen molar-refractivity contribution in [3.8, 4) is 0 Å². The second kappa shape index (κ2) is 57.9. The van der Waals surface area contributed by atoms with E-state index in [1.54, 1.807) is 0 Å². The summed E-state index contributed by atoms with van der Waals surface area (Å²) in [6, 6.07) is 0. The number of esters is 3. The quantitative estimate of drug-likeness (QED) is 0.0262. The molecule has 0 spiro atoms. The zero-order chi connectivity index (χ0) is 50.0. The molecule has 1 atom stereocenters. The fraction of sp³-hybridized carbons (Fsp3) is 0.825. The Kier molecular flexibility index (Phi) is 55.7. The number of ether oxygens (including phenoxy) is 3. The van der Waals surface area contributed by atoms with E-state index in [0.29, 0.717) is 19.3 Å². The minimum Gasteiger partial charge on any atom is -0.462 e. The predicted molar refractivity (Wildman–Crippen MR) is 298 cm³/mol. The van der Waals surface area contributed by atoms with Gasteiger partial charge in [0.15, 0.2) is 6.10 Å². The molecule has 0 aliphatic rings. The van der Waals surface area contributed by atoms with E-state index in [1.165, 1.54) is 193 Å². The van der Waals surface area contributed by atoms with Crippen LogP contribution in [0.15, 0.2) is 48.6 Å². The van der Waals surface area contributed by atoms with Crippen LogP contribution in [0.2, 0.25) is 0 Å². The van der Waals surface area contributed by atoms with Gasteiger partial charge in [-0.1, -0.05) is 262 Å². The standard InChI is InChI=1S/C63H114O6/c1-4-7-10-13-16-19-22-25-28-30-31-33-36-39-42-45-48-51-54-57-63(66)69-60(58-67-61(64)55-52-49-46-43-40-37-34-27-24-21-18-15-12-9-6-3)59-68-62(65)56-53-50-47-44-41-38-35-32-29-26-23-20-17-14-11-8-5-2/h16,18-19,21,25,27-28,34,60H,4-15,17,20,22-24,26,29-33,35-59H2,1-3H3/b19-16-,21-18-,28-25-,34-27-/t60-/m1/s1. The molecule has 0 radical (unpaired) electrons. The first-order chi connectivity index (χ1) is 34.0. The first-order valence-corrected chi connectivity index (χ1v) is 30.1. The van der Waals surface area contributed by atoms with Crippen LogP contribution >= 0.6 is 0 Å². The molecule has 0 amide bonds. The third kappa shape index (κ3) is 56.2. The molecule has 6 heteroatoms. The highest BCUT2D eigenvalue weighted by Gasteiger charge is 2.19. The first-order valence-electron chi connectivity index (χ1n) is 30.1. The smallest absolute Gasteiger partial charge is 0.306 e. The number of carbonyl (C=O) groups excluding carboxylic acids is 3. The second-order valence-electron chi connectivity index (χ2n) is 20.3. The van der Waals surface area contributed by atoms with Gasteiger partial charge in [0.2, 0.25) is 0 Å². The summed E-state index contributed by atoms with van der Waals surface area (Å²) in [6.07, 6.45) is 71.0. The Morgan fingerprint density at radius 2 is 0.522 bits per heavy atom. The van der Waals surface area contributed by atoms with Crippen LogP contribution in [0.4, 0.5) is 0 Å². The van der Waals surface area contributed by atoms with Gasteiger partial charge in [0, 0.05) is 19.3 Å². The molecule has 0 bridgehead atoms. The number of hydrogen-bond acceptors (Lipinski definition) is 6. The third-order valence-corrected chi connectivity index (χ3v) is 13.3. The van der Waals surface area contributed by atoms with Crippen molar-refractivity contribution in [2.75, 3.05) is 13.2 Å². The Bertz CT molecular complexity index is 1200. The zero-order valence-corrected chi connectivity index (χ0v) is 46.1. The molecule has 0 rings (SSSR count). The Hall–Kier alpha value is -2.63. The lowest BCUT2D eigenvalue weighted by Gasteiger charge is -2.18. The van der Waals surface area contributed by atoms with Gasteiger partial charge in [0.1, 0.15) is 13.2 Å². The molecule has 0 N–H and O–H groups in total. The molecule has 0 unspecified atom stereocenters. The van der Waals surface area contributed by atoms with Gasteiger partial charge < -0.3 is 14.2 Å². The normalized spacial score (nSPS) is 12.3. The van der Waals surface area contributed by atoms with Crippen LogP contribution in [0, 0.1) is 0 Å². The van der Waals surface area contributed by atoms with Crippen molar-refractivity contribution in [3.63, 3.8) is 0 Å². The molecule has 0 fully saturated rings. The van der Waals surface area contributed by atoms with E-state index >= 15 is 0 Å². The Morgan fingerprint density at radius 1 is 0.290 bits per heavy atom. The van der Waals surface area contributed by atoms with Gasteiger partial charge in [0.05, 0.1) is 0 Å². The SMILES string of the molecule is CCCCC/C=C\C/C=C\CCCCCCCCCCCC(=O)O[C@H](COC(=O)CCCCCCC/C=C\C/C=C\CCCCC)COC(=O)CCCCCCCCCCCCCCCCCCC. The highest BCUT2D eigenvalue weighted by atomic mass is 16.6. The maximum absolute atomic E-state index is 12.9. The van der Waals surface area contributed by atoms with Gasteiger partial charge in [-0.25, -0.2) is 0 Å². The topological polar surface area (TPSA) is 78.9 Å². The van der Waals surface area contributed by atoms with Crippen LogP contribution < -0.4 is 0 Å². The lowest BCUT2D eigenvalue weighted by Crippen LogP contribution is -2.30. The summed E-state index contributed by atoms with van der Waals surface area (Å²) >= 11 is 0. The van der Waals surface area contributed by atoms with Gasteiger partial charge in [-0.2, -0.15) is 0 Å². The number of allylic oxidation sites excluding steroid dienone is 8. The van der Waals surface area contributed by atoms with Crippen LogP contribution in [-0.2, 0) is 28.6 Å². The lowest BCUT2D eigenvalue weighted by atomic mass is 10.0. The Balaban J connectivity index is 4.36. The van der Waals surface area contributed by atoms with Crippen molar-refractivity contribution < 1.29 is 28.6 Å². The maximum atomic E-state index is 12.9. The summed E-state index contributed by atoms with van der Waals surface area (Å²) in [5.41, 5.74) is 0. The van der Waals surface area contributed by atoms with Gasteiger partial charge in [-0.05, 0) is 83.5 Å². The highest BCUT2D eigenvalue weighted by molar-refractivity contribution is 5.71. The molecule has 0 aromatic heterocycles. The molecule has 0 aromatic rings. The predicted octanol–water partition coefficient (Wildman–Crippen LogP) is 20.2. The average Bonchev–Trinajstić information content (AvgIpc) is 3.35. The summed E-state index contributed by atoms with van der Waals surface area (Å²) in [6.45, 7) is 6.62. The summed E-state index contributed by atoms with van der Waals surface area (Å²) < 4.78 is 16.9. The molecule has 0 aromatic carbocycles. The molecule has 0 aliphatic heterocycles. The fourth-order valence-corrected chi connectivity index (χ4v) is 8.74. The van der Waals surface area contributed by atoms with Crippen LogP contribution in [0.1, 0.15) is 316 Å². The molecule has 6 nitrogen and oxygen atoms in total. The summed E-state index contributed by atoms with van der Waals surface area (Å²) in [5, 5.41) is 0. The largest absolute Gasteiger partial charge is 0.462 e. The first kappa shape index (κ1) is 66.4. The molecule has 69 heavy (non-hydrogen) atoms. The average molecular weight is 968 g/mol. The van der Waals surface area contributed by atoms with Gasteiger partial charge in [-0.3, -0.25) is 14.4 Å². The van der Waals surface area contributed by atoms with E-state index in [-0.39, 0.29) is 31.1 Å². The van der Waals surface area contributed by atoms with E-state index in [0.717, 1.165) is 83.5 Å². The summed E-state index contributed by atoms with van der Waals surface area (Å²) in [5.74, 6) is -0.877.